The van der Waals surface area contributed by atoms with Crippen LogP contribution in [0.25, 0.3) is 11.7 Å². The van der Waals surface area contributed by atoms with Crippen LogP contribution in [0.5, 0.6) is 0 Å². The average molecular weight is 352 g/mol. The Labute approximate surface area is 151 Å². The summed E-state index contributed by atoms with van der Waals surface area (Å²) >= 11 is 6.22. The summed E-state index contributed by atoms with van der Waals surface area (Å²) in [5.74, 6) is -0.0383. The molecule has 4 rings (SSSR count). The molecule has 4 nitrogen and oxygen atoms in total. The molecular formula is C20H18ClN3O. The summed E-state index contributed by atoms with van der Waals surface area (Å²) in [6, 6.07) is 14.2. The average Bonchev–Trinajstić information content (AvgIpc) is 3.19. The number of imidazole rings is 1. The van der Waals surface area contributed by atoms with E-state index < -0.39 is 0 Å². The number of aryl methyl sites for hydroxylation is 1. The number of likely N-dealkylation sites (N-methyl/N-ethyl adjacent to an activating group) is 1. The molecule has 0 N–H and O–H groups in total. The standard InChI is InChI=1S/C20H18ClN3O/c1-23(16-10-9-14-6-2-3-7-15(14)16)19(25)12-11-17-20(21)22-18-8-4-5-13-24(17)18/h2-8,11-13,16H,9-10H2,1H3/b12-11+. The van der Waals surface area contributed by atoms with E-state index >= 15 is 0 Å². The summed E-state index contributed by atoms with van der Waals surface area (Å²) in [5, 5.41) is 0.393. The van der Waals surface area contributed by atoms with Crippen LogP contribution in [0.1, 0.15) is 29.3 Å². The minimum Gasteiger partial charge on any atom is -0.335 e. The number of aromatic nitrogens is 2. The maximum absolute atomic E-state index is 12.6. The number of halogens is 1. The van der Waals surface area contributed by atoms with E-state index in [1.807, 2.05) is 41.9 Å². The molecule has 126 valence electrons. The van der Waals surface area contributed by atoms with Crippen molar-refractivity contribution < 1.29 is 4.79 Å². The Kier molecular flexibility index (Phi) is 4.06. The van der Waals surface area contributed by atoms with Gasteiger partial charge in [-0.2, -0.15) is 0 Å². The third-order valence-electron chi connectivity index (χ3n) is 4.82. The molecule has 0 aliphatic heterocycles. The number of hydrogen-bond acceptors (Lipinski definition) is 2. The van der Waals surface area contributed by atoms with Gasteiger partial charge >= 0.3 is 0 Å². The second-order valence-electron chi connectivity index (χ2n) is 6.25. The highest BCUT2D eigenvalue weighted by Crippen LogP contribution is 2.34. The SMILES string of the molecule is CN(C(=O)/C=C/c1c(Cl)nc2ccccn12)C1CCc2ccccc21. The topological polar surface area (TPSA) is 37.6 Å². The summed E-state index contributed by atoms with van der Waals surface area (Å²) < 4.78 is 1.87. The fourth-order valence-electron chi connectivity index (χ4n) is 3.49. The molecule has 1 aliphatic rings. The van der Waals surface area contributed by atoms with E-state index in [4.69, 9.17) is 11.6 Å². The van der Waals surface area contributed by atoms with E-state index in [0.29, 0.717) is 10.8 Å². The largest absolute Gasteiger partial charge is 0.335 e. The quantitative estimate of drug-likeness (QED) is 0.665. The number of pyridine rings is 1. The highest BCUT2D eigenvalue weighted by molar-refractivity contribution is 6.31. The van der Waals surface area contributed by atoms with E-state index in [-0.39, 0.29) is 11.9 Å². The lowest BCUT2D eigenvalue weighted by Gasteiger charge is -2.24. The summed E-state index contributed by atoms with van der Waals surface area (Å²) in [6.07, 6.45) is 7.17. The summed E-state index contributed by atoms with van der Waals surface area (Å²) in [7, 11) is 1.86. The lowest BCUT2D eigenvalue weighted by atomic mass is 10.1. The van der Waals surface area contributed by atoms with Crippen LogP contribution in [-0.2, 0) is 11.2 Å². The van der Waals surface area contributed by atoms with Gasteiger partial charge in [0.15, 0.2) is 5.15 Å². The van der Waals surface area contributed by atoms with Gasteiger partial charge in [0.2, 0.25) is 5.91 Å². The number of benzene rings is 1. The summed E-state index contributed by atoms with van der Waals surface area (Å²) in [4.78, 5) is 18.7. The molecule has 1 amide bonds. The Morgan fingerprint density at radius 3 is 2.96 bits per heavy atom. The number of fused-ring (bicyclic) bond motifs is 2. The van der Waals surface area contributed by atoms with Crippen molar-refractivity contribution >= 4 is 29.2 Å². The van der Waals surface area contributed by atoms with Crippen LogP contribution < -0.4 is 0 Å². The highest BCUT2D eigenvalue weighted by Gasteiger charge is 2.27. The van der Waals surface area contributed by atoms with E-state index in [1.54, 1.807) is 17.1 Å². The minimum absolute atomic E-state index is 0.0383. The van der Waals surface area contributed by atoms with Gasteiger partial charge in [-0.3, -0.25) is 9.20 Å². The van der Waals surface area contributed by atoms with Gasteiger partial charge in [-0.25, -0.2) is 4.98 Å². The van der Waals surface area contributed by atoms with Crippen LogP contribution in [-0.4, -0.2) is 27.2 Å². The van der Waals surface area contributed by atoms with Gasteiger partial charge in [-0.15, -0.1) is 0 Å². The lowest BCUT2D eigenvalue weighted by molar-refractivity contribution is -0.126. The smallest absolute Gasteiger partial charge is 0.246 e. The number of rotatable bonds is 3. The molecule has 1 aromatic carbocycles. The van der Waals surface area contributed by atoms with Crippen molar-refractivity contribution in [3.63, 3.8) is 0 Å². The molecule has 0 fully saturated rings. The van der Waals surface area contributed by atoms with Gasteiger partial charge in [-0.05, 0) is 42.2 Å². The zero-order valence-corrected chi connectivity index (χ0v) is 14.6. The Bertz CT molecular complexity index is 976. The Morgan fingerprint density at radius 1 is 1.28 bits per heavy atom. The van der Waals surface area contributed by atoms with Gasteiger partial charge in [0, 0.05) is 19.3 Å². The Morgan fingerprint density at radius 2 is 2.08 bits per heavy atom. The molecule has 5 heteroatoms. The number of amides is 1. The third-order valence-corrected chi connectivity index (χ3v) is 5.10. The van der Waals surface area contributed by atoms with E-state index in [9.17, 15) is 4.79 Å². The monoisotopic (exact) mass is 351 g/mol. The molecule has 1 unspecified atom stereocenters. The number of carbonyl (C=O) groups excluding carboxylic acids is 1. The van der Waals surface area contributed by atoms with Gasteiger partial charge in [0.05, 0.1) is 11.7 Å². The molecule has 0 saturated heterocycles. The number of carbonyl (C=O) groups is 1. The van der Waals surface area contributed by atoms with Crippen LogP contribution in [0.4, 0.5) is 0 Å². The molecule has 0 radical (unpaired) electrons. The fraction of sp³-hybridized carbons (Fsp3) is 0.200. The van der Waals surface area contributed by atoms with Gasteiger partial charge in [0.25, 0.3) is 0 Å². The molecule has 1 aliphatic carbocycles. The second kappa shape index (κ2) is 6.37. The first-order valence-corrected chi connectivity index (χ1v) is 8.68. The predicted octanol–water partition coefficient (Wildman–Crippen LogP) is 4.15. The van der Waals surface area contributed by atoms with Gasteiger partial charge in [-0.1, -0.05) is 41.9 Å². The fourth-order valence-corrected chi connectivity index (χ4v) is 3.73. The van der Waals surface area contributed by atoms with Crippen molar-refractivity contribution in [3.8, 4) is 0 Å². The normalized spacial score (nSPS) is 16.5. The van der Waals surface area contributed by atoms with Crippen LogP contribution in [0.3, 0.4) is 0 Å². The maximum atomic E-state index is 12.6. The van der Waals surface area contributed by atoms with Crippen molar-refractivity contribution in [2.45, 2.75) is 18.9 Å². The van der Waals surface area contributed by atoms with E-state index in [1.165, 1.54) is 11.1 Å². The van der Waals surface area contributed by atoms with Gasteiger partial charge in [0.1, 0.15) is 5.65 Å². The van der Waals surface area contributed by atoms with Crippen molar-refractivity contribution in [2.75, 3.05) is 7.05 Å². The first kappa shape index (κ1) is 15.9. The molecule has 25 heavy (non-hydrogen) atoms. The molecule has 0 bridgehead atoms. The van der Waals surface area contributed by atoms with E-state index in [2.05, 4.69) is 23.2 Å². The first-order chi connectivity index (χ1) is 12.1. The van der Waals surface area contributed by atoms with E-state index in [0.717, 1.165) is 18.5 Å². The molecule has 2 heterocycles. The summed E-state index contributed by atoms with van der Waals surface area (Å²) in [6.45, 7) is 0. The van der Waals surface area contributed by atoms with Crippen LogP contribution >= 0.6 is 11.6 Å². The highest BCUT2D eigenvalue weighted by atomic mass is 35.5. The van der Waals surface area contributed by atoms with Gasteiger partial charge < -0.3 is 4.90 Å². The molecule has 1 atom stereocenters. The third kappa shape index (κ3) is 2.83. The lowest BCUT2D eigenvalue weighted by Crippen LogP contribution is -2.28. The molecule has 2 aromatic heterocycles. The number of hydrogen-bond donors (Lipinski definition) is 0. The van der Waals surface area contributed by atoms with Crippen molar-refractivity contribution in [2.24, 2.45) is 0 Å². The zero-order chi connectivity index (χ0) is 17.4. The van der Waals surface area contributed by atoms with Crippen molar-refractivity contribution in [1.29, 1.82) is 0 Å². The summed E-state index contributed by atoms with van der Waals surface area (Å²) in [5.41, 5.74) is 4.06. The Balaban J connectivity index is 1.57. The molecule has 0 spiro atoms. The first-order valence-electron chi connectivity index (χ1n) is 8.30. The van der Waals surface area contributed by atoms with Crippen molar-refractivity contribution in [3.05, 3.63) is 76.7 Å². The van der Waals surface area contributed by atoms with Crippen LogP contribution in [0, 0.1) is 0 Å². The molecular weight excluding hydrogens is 334 g/mol. The zero-order valence-electron chi connectivity index (χ0n) is 13.9. The molecule has 0 saturated carbocycles. The van der Waals surface area contributed by atoms with Crippen LogP contribution in [0.15, 0.2) is 54.7 Å². The predicted molar refractivity (Wildman–Crippen MR) is 99.5 cm³/mol. The Hall–Kier alpha value is -2.59. The minimum atomic E-state index is -0.0383. The van der Waals surface area contributed by atoms with Crippen LogP contribution in [0.2, 0.25) is 5.15 Å². The maximum Gasteiger partial charge on any atom is 0.246 e. The molecule has 3 aromatic rings. The van der Waals surface area contributed by atoms with Crippen molar-refractivity contribution in [1.82, 2.24) is 14.3 Å². The number of nitrogens with zero attached hydrogens (tertiary/aromatic N) is 3. The second-order valence-corrected chi connectivity index (χ2v) is 6.61.